The fraction of sp³-hybridized carbons (Fsp3) is 0.421. The van der Waals surface area contributed by atoms with Crippen molar-refractivity contribution in [2.24, 2.45) is 0 Å². The average Bonchev–Trinajstić information content (AvgIpc) is 2.69. The van der Waals surface area contributed by atoms with Crippen LogP contribution in [0.5, 0.6) is 5.75 Å². The highest BCUT2D eigenvalue weighted by atomic mass is 16.5. The van der Waals surface area contributed by atoms with Gasteiger partial charge in [0.15, 0.2) is 0 Å². The Morgan fingerprint density at radius 2 is 1.96 bits per heavy atom. The maximum Gasteiger partial charge on any atom is 0.230 e. The number of amides is 1. The van der Waals surface area contributed by atoms with E-state index in [-0.39, 0.29) is 5.91 Å². The number of rotatable bonds is 5. The van der Waals surface area contributed by atoms with Crippen molar-refractivity contribution in [2.75, 3.05) is 31.6 Å². The molecule has 1 aromatic heterocycles. The molecule has 2 heterocycles. The first-order chi connectivity index (χ1) is 12.2. The molecular formula is C19H24N4O2. The molecule has 1 aromatic carbocycles. The maximum atomic E-state index is 13.0. The lowest BCUT2D eigenvalue weighted by Gasteiger charge is -2.41. The predicted molar refractivity (Wildman–Crippen MR) is 96.8 cm³/mol. The molecule has 0 aliphatic carbocycles. The summed E-state index contributed by atoms with van der Waals surface area (Å²) >= 11 is 0. The Morgan fingerprint density at radius 3 is 2.60 bits per heavy atom. The molecule has 25 heavy (non-hydrogen) atoms. The minimum atomic E-state index is -0.546. The van der Waals surface area contributed by atoms with E-state index < -0.39 is 5.41 Å². The lowest BCUT2D eigenvalue weighted by Crippen LogP contribution is -2.52. The molecule has 6 nitrogen and oxygen atoms in total. The topological polar surface area (TPSA) is 67.3 Å². The molecule has 3 rings (SSSR count). The van der Waals surface area contributed by atoms with Crippen LogP contribution in [-0.2, 0) is 10.2 Å². The number of carbonyl (C=O) groups is 1. The van der Waals surface area contributed by atoms with E-state index in [0.717, 1.165) is 30.4 Å². The fourth-order valence-electron chi connectivity index (χ4n) is 3.44. The molecule has 132 valence electrons. The van der Waals surface area contributed by atoms with Crippen molar-refractivity contribution < 1.29 is 9.53 Å². The normalized spacial score (nSPS) is 16.3. The summed E-state index contributed by atoms with van der Waals surface area (Å²) < 4.78 is 5.36. The molecule has 0 saturated carbocycles. The third kappa shape index (κ3) is 3.43. The Hall–Kier alpha value is -2.63. The monoisotopic (exact) mass is 340 g/mol. The van der Waals surface area contributed by atoms with E-state index in [1.807, 2.05) is 37.3 Å². The second-order valence-corrected chi connectivity index (χ2v) is 6.21. The van der Waals surface area contributed by atoms with E-state index >= 15 is 0 Å². The van der Waals surface area contributed by atoms with Crippen molar-refractivity contribution in [3.8, 4) is 5.75 Å². The van der Waals surface area contributed by atoms with Gasteiger partial charge in [-0.25, -0.2) is 9.97 Å². The lowest BCUT2D eigenvalue weighted by atomic mass is 9.72. The van der Waals surface area contributed by atoms with Crippen LogP contribution in [0, 0.1) is 0 Å². The first-order valence-corrected chi connectivity index (χ1v) is 8.64. The number of nitrogens with zero attached hydrogens (tertiary/aromatic N) is 3. The number of anilines is 1. The van der Waals surface area contributed by atoms with Crippen molar-refractivity contribution in [2.45, 2.75) is 25.2 Å². The number of methoxy groups -OCH3 is 1. The van der Waals surface area contributed by atoms with E-state index in [1.54, 1.807) is 19.5 Å². The van der Waals surface area contributed by atoms with E-state index in [2.05, 4.69) is 20.2 Å². The summed E-state index contributed by atoms with van der Waals surface area (Å²) in [6.07, 6.45) is 4.92. The number of hydrogen-bond donors (Lipinski definition) is 1. The fourth-order valence-corrected chi connectivity index (χ4v) is 3.44. The van der Waals surface area contributed by atoms with Crippen LogP contribution < -0.4 is 15.0 Å². The number of nitrogens with one attached hydrogen (secondary N) is 1. The number of likely N-dealkylation sites (N-methyl/N-ethyl adjacent to an activating group) is 1. The highest BCUT2D eigenvalue weighted by Crippen LogP contribution is 2.38. The molecule has 1 aliphatic rings. The molecule has 1 saturated heterocycles. The van der Waals surface area contributed by atoms with Gasteiger partial charge in [0.25, 0.3) is 0 Å². The molecule has 0 spiro atoms. The summed E-state index contributed by atoms with van der Waals surface area (Å²) in [6, 6.07) is 9.66. The van der Waals surface area contributed by atoms with Gasteiger partial charge < -0.3 is 15.0 Å². The largest absolute Gasteiger partial charge is 0.497 e. The van der Waals surface area contributed by atoms with Crippen LogP contribution in [0.15, 0.2) is 42.7 Å². The van der Waals surface area contributed by atoms with Crippen molar-refractivity contribution in [1.29, 1.82) is 0 Å². The molecule has 0 unspecified atom stereocenters. The highest BCUT2D eigenvalue weighted by Gasteiger charge is 2.43. The highest BCUT2D eigenvalue weighted by molar-refractivity contribution is 5.88. The Balaban J connectivity index is 1.88. The standard InChI is InChI=1S/C19H24N4O2/c1-3-20-17(24)19(15-6-4-7-16(14-15)25-2)8-12-23(13-9-19)18-21-10-5-11-22-18/h4-7,10-11,14H,3,8-9,12-13H2,1-2H3,(H,20,24). The van der Waals surface area contributed by atoms with Gasteiger partial charge in [0.2, 0.25) is 11.9 Å². The van der Waals surface area contributed by atoms with Crippen LogP contribution in [0.3, 0.4) is 0 Å². The number of ether oxygens (including phenoxy) is 1. The Morgan fingerprint density at radius 1 is 1.24 bits per heavy atom. The number of carbonyl (C=O) groups excluding carboxylic acids is 1. The van der Waals surface area contributed by atoms with Crippen molar-refractivity contribution in [3.05, 3.63) is 48.3 Å². The quantitative estimate of drug-likeness (QED) is 0.903. The lowest BCUT2D eigenvalue weighted by molar-refractivity contribution is -0.127. The Kier molecular flexibility index (Phi) is 5.16. The Bertz CT molecular complexity index is 712. The summed E-state index contributed by atoms with van der Waals surface area (Å²) in [5, 5.41) is 3.02. The van der Waals surface area contributed by atoms with E-state index in [9.17, 15) is 4.79 Å². The zero-order valence-electron chi connectivity index (χ0n) is 14.7. The smallest absolute Gasteiger partial charge is 0.230 e. The van der Waals surface area contributed by atoms with E-state index in [1.165, 1.54) is 0 Å². The zero-order valence-corrected chi connectivity index (χ0v) is 14.7. The molecule has 0 bridgehead atoms. The van der Waals surface area contributed by atoms with E-state index in [4.69, 9.17) is 4.74 Å². The summed E-state index contributed by atoms with van der Waals surface area (Å²) in [5.41, 5.74) is 0.460. The average molecular weight is 340 g/mol. The summed E-state index contributed by atoms with van der Waals surface area (Å²) in [5.74, 6) is 1.57. The van der Waals surface area contributed by atoms with Gasteiger partial charge in [-0.3, -0.25) is 4.79 Å². The molecule has 1 aliphatic heterocycles. The van der Waals surface area contributed by atoms with Crippen LogP contribution in [0.4, 0.5) is 5.95 Å². The van der Waals surface area contributed by atoms with Crippen LogP contribution >= 0.6 is 0 Å². The van der Waals surface area contributed by atoms with Gasteiger partial charge in [0.1, 0.15) is 5.75 Å². The first-order valence-electron chi connectivity index (χ1n) is 8.64. The second kappa shape index (κ2) is 7.51. The predicted octanol–water partition coefficient (Wildman–Crippen LogP) is 2.16. The number of benzene rings is 1. The molecule has 0 radical (unpaired) electrons. The SMILES string of the molecule is CCNC(=O)C1(c2cccc(OC)c2)CCN(c2ncccn2)CC1. The summed E-state index contributed by atoms with van der Waals surface area (Å²) in [6.45, 7) is 4.04. The number of piperidine rings is 1. The molecule has 0 atom stereocenters. The molecule has 1 amide bonds. The number of aromatic nitrogens is 2. The molecule has 1 fully saturated rings. The molecular weight excluding hydrogens is 316 g/mol. The third-order valence-corrected chi connectivity index (χ3v) is 4.85. The van der Waals surface area contributed by atoms with Gasteiger partial charge in [-0.05, 0) is 43.5 Å². The van der Waals surface area contributed by atoms with Crippen LogP contribution in [0.25, 0.3) is 0 Å². The zero-order chi connectivity index (χ0) is 17.7. The summed E-state index contributed by atoms with van der Waals surface area (Å²) in [4.78, 5) is 23.7. The van der Waals surface area contributed by atoms with Gasteiger partial charge >= 0.3 is 0 Å². The third-order valence-electron chi connectivity index (χ3n) is 4.85. The van der Waals surface area contributed by atoms with Crippen LogP contribution in [-0.4, -0.2) is 42.6 Å². The Labute approximate surface area is 148 Å². The minimum absolute atomic E-state index is 0.0804. The van der Waals surface area contributed by atoms with E-state index in [0.29, 0.717) is 19.4 Å². The first kappa shape index (κ1) is 17.2. The van der Waals surface area contributed by atoms with Crippen molar-refractivity contribution in [3.63, 3.8) is 0 Å². The maximum absolute atomic E-state index is 13.0. The summed E-state index contributed by atoms with van der Waals surface area (Å²) in [7, 11) is 1.65. The van der Waals surface area contributed by atoms with Crippen molar-refractivity contribution in [1.82, 2.24) is 15.3 Å². The second-order valence-electron chi connectivity index (χ2n) is 6.21. The minimum Gasteiger partial charge on any atom is -0.497 e. The molecule has 2 aromatic rings. The van der Waals surface area contributed by atoms with Crippen LogP contribution in [0.2, 0.25) is 0 Å². The van der Waals surface area contributed by atoms with Gasteiger partial charge in [0, 0.05) is 32.0 Å². The van der Waals surface area contributed by atoms with Crippen LogP contribution in [0.1, 0.15) is 25.3 Å². The number of hydrogen-bond acceptors (Lipinski definition) is 5. The van der Waals surface area contributed by atoms with Gasteiger partial charge in [0.05, 0.1) is 12.5 Å². The van der Waals surface area contributed by atoms with Gasteiger partial charge in [-0.15, -0.1) is 0 Å². The van der Waals surface area contributed by atoms with Gasteiger partial charge in [-0.1, -0.05) is 12.1 Å². The van der Waals surface area contributed by atoms with Crippen molar-refractivity contribution >= 4 is 11.9 Å². The molecule has 6 heteroatoms. The molecule has 1 N–H and O–H groups in total. The van der Waals surface area contributed by atoms with Gasteiger partial charge in [-0.2, -0.15) is 0 Å².